The maximum absolute atomic E-state index is 12.2. The quantitative estimate of drug-likeness (QED) is 0.745. The number of carbonyl (C=O) groups excluding carboxylic acids is 1. The molecule has 0 aliphatic carbocycles. The summed E-state index contributed by atoms with van der Waals surface area (Å²) in [5.41, 5.74) is 2.04. The third-order valence-corrected chi connectivity index (χ3v) is 5.03. The number of ether oxygens (including phenoxy) is 2. The average Bonchev–Trinajstić information content (AvgIpc) is 2.67. The summed E-state index contributed by atoms with van der Waals surface area (Å²) in [6.45, 7) is 3.24. The molecule has 1 atom stereocenters. The summed E-state index contributed by atoms with van der Waals surface area (Å²) >= 11 is 0. The molecule has 2 heterocycles. The largest absolute Gasteiger partial charge is 0.494 e. The fraction of sp³-hybridized carbons (Fsp3) is 0.579. The number of benzene rings is 1. The molecular formula is C19H27N3O5. The van der Waals surface area contributed by atoms with Crippen LogP contribution in [-0.4, -0.2) is 74.6 Å². The van der Waals surface area contributed by atoms with Gasteiger partial charge in [-0.15, -0.1) is 0 Å². The first-order valence-electron chi connectivity index (χ1n) is 9.34. The Kier molecular flexibility index (Phi) is 6.52. The Bertz CT molecular complexity index is 681. The summed E-state index contributed by atoms with van der Waals surface area (Å²) in [5, 5.41) is 12.4. The second-order valence-corrected chi connectivity index (χ2v) is 6.85. The van der Waals surface area contributed by atoms with Crippen molar-refractivity contribution in [3.8, 4) is 5.75 Å². The van der Waals surface area contributed by atoms with Crippen molar-refractivity contribution in [3.63, 3.8) is 0 Å². The predicted molar refractivity (Wildman–Crippen MR) is 100 cm³/mol. The summed E-state index contributed by atoms with van der Waals surface area (Å²) in [6, 6.07) is 5.92. The summed E-state index contributed by atoms with van der Waals surface area (Å²) in [7, 11) is 1.63. The number of hydrogen-bond acceptors (Lipinski definition) is 5. The smallest absolute Gasteiger partial charge is 0.407 e. The first-order valence-corrected chi connectivity index (χ1v) is 9.34. The zero-order chi connectivity index (χ0) is 19.2. The lowest BCUT2D eigenvalue weighted by Crippen LogP contribution is -2.52. The molecule has 148 valence electrons. The van der Waals surface area contributed by atoms with E-state index >= 15 is 0 Å². The van der Waals surface area contributed by atoms with Crippen LogP contribution in [0, 0.1) is 0 Å². The number of anilines is 1. The van der Waals surface area contributed by atoms with Crippen LogP contribution < -0.4 is 15.0 Å². The second kappa shape index (κ2) is 9.05. The van der Waals surface area contributed by atoms with Gasteiger partial charge in [-0.3, -0.25) is 4.79 Å². The fourth-order valence-electron chi connectivity index (χ4n) is 3.57. The number of nitrogens with zero attached hydrogens (tertiary/aromatic N) is 2. The van der Waals surface area contributed by atoms with Gasteiger partial charge in [-0.1, -0.05) is 0 Å². The Morgan fingerprint density at radius 3 is 2.96 bits per heavy atom. The Labute approximate surface area is 159 Å². The molecule has 1 saturated heterocycles. The van der Waals surface area contributed by atoms with E-state index in [1.54, 1.807) is 12.0 Å². The number of rotatable bonds is 7. The highest BCUT2D eigenvalue weighted by molar-refractivity contribution is 5.96. The number of nitrogens with one attached hydrogen (secondary N) is 1. The lowest BCUT2D eigenvalue weighted by Gasteiger charge is -2.32. The number of carbonyl (C=O) groups is 2. The van der Waals surface area contributed by atoms with Crippen LogP contribution in [0.2, 0.25) is 0 Å². The summed E-state index contributed by atoms with van der Waals surface area (Å²) in [5.74, 6) is 0.903. The van der Waals surface area contributed by atoms with Gasteiger partial charge < -0.3 is 29.7 Å². The molecule has 0 bridgehead atoms. The molecule has 2 amide bonds. The molecule has 1 aromatic rings. The lowest BCUT2D eigenvalue weighted by molar-refractivity contribution is -0.119. The summed E-state index contributed by atoms with van der Waals surface area (Å²) < 4.78 is 11.0. The van der Waals surface area contributed by atoms with E-state index in [-0.39, 0.29) is 11.9 Å². The van der Waals surface area contributed by atoms with Gasteiger partial charge in [0.2, 0.25) is 5.91 Å². The van der Waals surface area contributed by atoms with Crippen LogP contribution in [0.25, 0.3) is 0 Å². The standard InChI is InChI=1S/C19H27N3O5/c1-26-11-9-22-17-4-3-16(12-14(17)2-5-18(22)23)27-10-6-15-13-21(19(24)25)8-7-20-15/h3-4,12,15,20H,2,5-11,13H2,1H3,(H,24,25)/t15-/m1/s1. The van der Waals surface area contributed by atoms with Gasteiger partial charge in [-0.25, -0.2) is 4.79 Å². The highest BCUT2D eigenvalue weighted by Gasteiger charge is 2.25. The van der Waals surface area contributed by atoms with Gasteiger partial charge in [0.05, 0.1) is 13.2 Å². The van der Waals surface area contributed by atoms with Crippen molar-refractivity contribution in [2.75, 3.05) is 51.4 Å². The Morgan fingerprint density at radius 2 is 2.19 bits per heavy atom. The van der Waals surface area contributed by atoms with Gasteiger partial charge in [0.25, 0.3) is 0 Å². The molecule has 3 rings (SSSR count). The summed E-state index contributed by atoms with van der Waals surface area (Å²) in [4.78, 5) is 26.4. The summed E-state index contributed by atoms with van der Waals surface area (Å²) in [6.07, 6.45) is 1.08. The van der Waals surface area contributed by atoms with Crippen LogP contribution in [0.15, 0.2) is 18.2 Å². The van der Waals surface area contributed by atoms with Crippen LogP contribution in [0.4, 0.5) is 10.5 Å². The van der Waals surface area contributed by atoms with Crippen molar-refractivity contribution in [3.05, 3.63) is 23.8 Å². The number of fused-ring (bicyclic) bond motifs is 1. The Morgan fingerprint density at radius 1 is 1.33 bits per heavy atom. The molecule has 0 unspecified atom stereocenters. The Balaban J connectivity index is 1.54. The van der Waals surface area contributed by atoms with E-state index in [0.29, 0.717) is 52.2 Å². The molecule has 8 heteroatoms. The maximum atomic E-state index is 12.2. The zero-order valence-electron chi connectivity index (χ0n) is 15.6. The van der Waals surface area contributed by atoms with Crippen LogP contribution in [0.3, 0.4) is 0 Å². The van der Waals surface area contributed by atoms with E-state index in [9.17, 15) is 9.59 Å². The van der Waals surface area contributed by atoms with Crippen LogP contribution >= 0.6 is 0 Å². The highest BCUT2D eigenvalue weighted by atomic mass is 16.5. The number of aryl methyl sites for hydroxylation is 1. The molecule has 2 N–H and O–H groups in total. The van der Waals surface area contributed by atoms with Crippen LogP contribution in [0.1, 0.15) is 18.4 Å². The van der Waals surface area contributed by atoms with Gasteiger partial charge in [-0.2, -0.15) is 0 Å². The molecule has 0 spiro atoms. The molecule has 27 heavy (non-hydrogen) atoms. The number of hydrogen-bond donors (Lipinski definition) is 2. The van der Waals surface area contributed by atoms with E-state index in [4.69, 9.17) is 14.6 Å². The fourth-order valence-corrected chi connectivity index (χ4v) is 3.57. The van der Waals surface area contributed by atoms with Gasteiger partial charge in [0, 0.05) is 51.4 Å². The van der Waals surface area contributed by atoms with E-state index in [0.717, 1.165) is 23.4 Å². The molecule has 0 saturated carbocycles. The van der Waals surface area contributed by atoms with Crippen molar-refractivity contribution >= 4 is 17.7 Å². The topological polar surface area (TPSA) is 91.3 Å². The normalized spacial score (nSPS) is 19.7. The van der Waals surface area contributed by atoms with Gasteiger partial charge in [-0.05, 0) is 36.6 Å². The number of carboxylic acid groups (broad SMARTS) is 1. The van der Waals surface area contributed by atoms with Crippen molar-refractivity contribution < 1.29 is 24.2 Å². The molecule has 0 radical (unpaired) electrons. The molecule has 2 aliphatic heterocycles. The first-order chi connectivity index (χ1) is 13.1. The molecule has 0 aromatic heterocycles. The van der Waals surface area contributed by atoms with E-state index in [2.05, 4.69) is 5.32 Å². The molecule has 1 fully saturated rings. The van der Waals surface area contributed by atoms with E-state index in [1.807, 2.05) is 18.2 Å². The lowest BCUT2D eigenvalue weighted by atomic mass is 10.0. The molecule has 8 nitrogen and oxygen atoms in total. The van der Waals surface area contributed by atoms with Crippen LogP contribution in [0.5, 0.6) is 5.75 Å². The van der Waals surface area contributed by atoms with Crippen molar-refractivity contribution in [1.82, 2.24) is 10.2 Å². The maximum Gasteiger partial charge on any atom is 0.407 e. The molecule has 2 aliphatic rings. The van der Waals surface area contributed by atoms with Crippen molar-refractivity contribution in [1.29, 1.82) is 0 Å². The third kappa shape index (κ3) is 4.90. The van der Waals surface area contributed by atoms with Crippen molar-refractivity contribution in [2.24, 2.45) is 0 Å². The zero-order valence-corrected chi connectivity index (χ0v) is 15.6. The SMILES string of the molecule is COCCN1C(=O)CCc2cc(OCC[C@@H]3CN(C(=O)O)CCN3)ccc21. The third-order valence-electron chi connectivity index (χ3n) is 5.03. The van der Waals surface area contributed by atoms with Gasteiger partial charge in [0.1, 0.15) is 5.75 Å². The Hall–Kier alpha value is -2.32. The van der Waals surface area contributed by atoms with Crippen LogP contribution in [-0.2, 0) is 16.0 Å². The second-order valence-electron chi connectivity index (χ2n) is 6.85. The number of piperazine rings is 1. The van der Waals surface area contributed by atoms with E-state index < -0.39 is 6.09 Å². The van der Waals surface area contributed by atoms with Gasteiger partial charge in [0.15, 0.2) is 0 Å². The minimum Gasteiger partial charge on any atom is -0.494 e. The minimum absolute atomic E-state index is 0.106. The number of methoxy groups -OCH3 is 1. The number of amides is 2. The molecular weight excluding hydrogens is 350 g/mol. The van der Waals surface area contributed by atoms with Crippen molar-refractivity contribution in [2.45, 2.75) is 25.3 Å². The van der Waals surface area contributed by atoms with E-state index in [1.165, 1.54) is 4.90 Å². The first kappa shape index (κ1) is 19.4. The van der Waals surface area contributed by atoms with Gasteiger partial charge >= 0.3 is 6.09 Å². The molecule has 1 aromatic carbocycles. The predicted octanol–water partition coefficient (Wildman–Crippen LogP) is 1.33. The minimum atomic E-state index is -0.871. The monoisotopic (exact) mass is 377 g/mol. The highest BCUT2D eigenvalue weighted by Crippen LogP contribution is 2.31. The average molecular weight is 377 g/mol.